The van der Waals surface area contributed by atoms with Gasteiger partial charge in [0.15, 0.2) is 11.5 Å². The Morgan fingerprint density at radius 2 is 1.94 bits per heavy atom. The van der Waals surface area contributed by atoms with Crippen LogP contribution in [0.4, 0.5) is 26.4 Å². The minimum absolute atomic E-state index is 0.0535. The summed E-state index contributed by atoms with van der Waals surface area (Å²) in [6, 6.07) is 1.86. The highest BCUT2D eigenvalue weighted by atomic mass is 35.5. The van der Waals surface area contributed by atoms with Gasteiger partial charge in [0.25, 0.3) is 0 Å². The third-order valence-electron chi connectivity index (χ3n) is 5.56. The number of fused-ring (bicyclic) bond motifs is 1. The van der Waals surface area contributed by atoms with Gasteiger partial charge in [0, 0.05) is 24.1 Å². The number of benzene rings is 1. The van der Waals surface area contributed by atoms with E-state index in [4.69, 9.17) is 17.3 Å². The van der Waals surface area contributed by atoms with E-state index in [1.807, 2.05) is 18.4 Å². The molecule has 0 unspecified atom stereocenters. The lowest BCUT2D eigenvalue weighted by Crippen LogP contribution is -2.28. The smallest absolute Gasteiger partial charge is 0.224 e. The summed E-state index contributed by atoms with van der Waals surface area (Å²) in [5, 5.41) is 5.98. The van der Waals surface area contributed by atoms with Crippen LogP contribution in [0.2, 0.25) is 5.02 Å². The predicted octanol–water partition coefficient (Wildman–Crippen LogP) is 4.54. The van der Waals surface area contributed by atoms with Crippen LogP contribution < -0.4 is 16.4 Å². The standard InChI is InChI=1S/C21H24ClF2N7O/c1-10(2)27-20-26-9-16-19(30-20)31(13-5-3-11(4-6-13)18(25)32)21(28-16)29-17-14(22)7-12(23)8-15(17)24/h7-11,13H,3-6H2,1-2H3,(H2,25,32)(H,28,29)(H,26,27,30)/t11-,13-. The van der Waals surface area contributed by atoms with Crippen LogP contribution >= 0.6 is 11.6 Å². The Morgan fingerprint density at radius 3 is 2.56 bits per heavy atom. The molecule has 8 nitrogen and oxygen atoms in total. The third-order valence-corrected chi connectivity index (χ3v) is 5.86. The van der Waals surface area contributed by atoms with Gasteiger partial charge in [-0.3, -0.25) is 9.36 Å². The Kier molecular flexibility index (Phi) is 6.14. The summed E-state index contributed by atoms with van der Waals surface area (Å²) in [5.41, 5.74) is 6.47. The normalized spacial score (nSPS) is 18.8. The minimum Gasteiger partial charge on any atom is -0.369 e. The highest BCUT2D eigenvalue weighted by Crippen LogP contribution is 2.38. The Balaban J connectivity index is 1.78. The molecule has 0 spiro atoms. The van der Waals surface area contributed by atoms with E-state index in [2.05, 4.69) is 25.6 Å². The molecule has 1 saturated carbocycles. The Hall–Kier alpha value is -3.01. The van der Waals surface area contributed by atoms with Gasteiger partial charge in [-0.2, -0.15) is 4.98 Å². The maximum atomic E-state index is 14.5. The van der Waals surface area contributed by atoms with Crippen molar-refractivity contribution in [3.05, 3.63) is 35.0 Å². The molecule has 0 aliphatic heterocycles. The first-order valence-corrected chi connectivity index (χ1v) is 10.8. The van der Waals surface area contributed by atoms with Gasteiger partial charge < -0.3 is 16.4 Å². The van der Waals surface area contributed by atoms with E-state index in [0.29, 0.717) is 48.7 Å². The van der Waals surface area contributed by atoms with Crippen LogP contribution in [0.1, 0.15) is 45.6 Å². The van der Waals surface area contributed by atoms with Crippen molar-refractivity contribution < 1.29 is 13.6 Å². The number of carbonyl (C=O) groups excluding carboxylic acids is 1. The molecule has 4 rings (SSSR count). The van der Waals surface area contributed by atoms with Crippen molar-refractivity contribution in [2.75, 3.05) is 10.6 Å². The van der Waals surface area contributed by atoms with Crippen LogP contribution in [0.5, 0.6) is 0 Å². The van der Waals surface area contributed by atoms with Crippen molar-refractivity contribution in [2.24, 2.45) is 11.7 Å². The van der Waals surface area contributed by atoms with Crippen LogP contribution in [0.25, 0.3) is 11.2 Å². The SMILES string of the molecule is CC(C)Nc1ncc2nc(Nc3c(F)cc(F)cc3Cl)n([C@H]3CC[C@H](C(N)=O)CC3)c2n1. The second kappa shape index (κ2) is 8.85. The number of nitrogens with two attached hydrogens (primary N) is 1. The molecule has 0 bridgehead atoms. The monoisotopic (exact) mass is 463 g/mol. The number of primary amides is 1. The summed E-state index contributed by atoms with van der Waals surface area (Å²) >= 11 is 6.09. The molecule has 32 heavy (non-hydrogen) atoms. The number of hydrogen-bond acceptors (Lipinski definition) is 6. The number of imidazole rings is 1. The summed E-state index contributed by atoms with van der Waals surface area (Å²) in [6.45, 7) is 3.95. The Bertz CT molecular complexity index is 1140. The number of anilines is 3. The highest BCUT2D eigenvalue weighted by Gasteiger charge is 2.29. The highest BCUT2D eigenvalue weighted by molar-refractivity contribution is 6.33. The van der Waals surface area contributed by atoms with Crippen molar-refractivity contribution in [1.82, 2.24) is 19.5 Å². The number of aromatic nitrogens is 4. The van der Waals surface area contributed by atoms with E-state index in [1.54, 1.807) is 6.20 Å². The first-order chi connectivity index (χ1) is 15.2. The van der Waals surface area contributed by atoms with Gasteiger partial charge in [-0.25, -0.2) is 18.7 Å². The fourth-order valence-corrected chi connectivity index (χ4v) is 4.29. The summed E-state index contributed by atoms with van der Waals surface area (Å²) < 4.78 is 29.8. The molecular formula is C21H24ClF2N7O. The zero-order chi connectivity index (χ0) is 23.0. The minimum atomic E-state index is -0.834. The van der Waals surface area contributed by atoms with Gasteiger partial charge in [0.1, 0.15) is 11.3 Å². The molecule has 0 radical (unpaired) electrons. The zero-order valence-electron chi connectivity index (χ0n) is 17.7. The van der Waals surface area contributed by atoms with Gasteiger partial charge >= 0.3 is 0 Å². The number of carbonyl (C=O) groups is 1. The average molecular weight is 464 g/mol. The van der Waals surface area contributed by atoms with Gasteiger partial charge in [0.2, 0.25) is 17.8 Å². The molecule has 1 aliphatic rings. The van der Waals surface area contributed by atoms with Crippen molar-refractivity contribution in [2.45, 2.75) is 51.6 Å². The summed E-state index contributed by atoms with van der Waals surface area (Å²) in [7, 11) is 0. The molecule has 11 heteroatoms. The average Bonchev–Trinajstić information content (AvgIpc) is 3.07. The van der Waals surface area contributed by atoms with Crippen LogP contribution in [0, 0.1) is 17.6 Å². The van der Waals surface area contributed by atoms with Crippen LogP contribution in [0.3, 0.4) is 0 Å². The number of nitrogens with zero attached hydrogens (tertiary/aromatic N) is 4. The Morgan fingerprint density at radius 1 is 1.22 bits per heavy atom. The molecule has 0 saturated heterocycles. The van der Waals surface area contributed by atoms with Crippen molar-refractivity contribution in [3.63, 3.8) is 0 Å². The summed E-state index contributed by atoms with van der Waals surface area (Å²) in [4.78, 5) is 25.1. The van der Waals surface area contributed by atoms with E-state index in [9.17, 15) is 13.6 Å². The number of amides is 1. The van der Waals surface area contributed by atoms with Crippen LogP contribution in [-0.4, -0.2) is 31.5 Å². The maximum absolute atomic E-state index is 14.5. The lowest BCUT2D eigenvalue weighted by Gasteiger charge is -2.29. The molecule has 4 N–H and O–H groups in total. The maximum Gasteiger partial charge on any atom is 0.224 e. The molecule has 3 aromatic rings. The molecule has 2 aromatic heterocycles. The van der Waals surface area contributed by atoms with Gasteiger partial charge in [0.05, 0.1) is 16.9 Å². The van der Waals surface area contributed by atoms with E-state index in [-0.39, 0.29) is 34.6 Å². The molecule has 1 fully saturated rings. The number of nitrogens with one attached hydrogen (secondary N) is 2. The van der Waals surface area contributed by atoms with E-state index in [0.717, 1.165) is 12.1 Å². The largest absolute Gasteiger partial charge is 0.369 e. The second-order valence-electron chi connectivity index (χ2n) is 8.28. The van der Waals surface area contributed by atoms with Crippen molar-refractivity contribution >= 4 is 46.3 Å². The quantitative estimate of drug-likeness (QED) is 0.495. The first kappa shape index (κ1) is 22.2. The number of halogens is 3. The Labute approximate surface area is 188 Å². The fraction of sp³-hybridized carbons (Fsp3) is 0.429. The zero-order valence-corrected chi connectivity index (χ0v) is 18.5. The van der Waals surface area contributed by atoms with E-state index >= 15 is 0 Å². The van der Waals surface area contributed by atoms with E-state index < -0.39 is 11.6 Å². The summed E-state index contributed by atoms with van der Waals surface area (Å²) in [6.07, 6.45) is 4.20. The topological polar surface area (TPSA) is 111 Å². The molecular weight excluding hydrogens is 440 g/mol. The molecule has 1 aromatic carbocycles. The van der Waals surface area contributed by atoms with Gasteiger partial charge in [-0.05, 0) is 45.6 Å². The molecule has 2 heterocycles. The molecule has 1 aliphatic carbocycles. The van der Waals surface area contributed by atoms with E-state index in [1.165, 1.54) is 0 Å². The second-order valence-corrected chi connectivity index (χ2v) is 8.69. The number of rotatable bonds is 6. The number of hydrogen-bond donors (Lipinski definition) is 3. The van der Waals surface area contributed by atoms with Crippen LogP contribution in [0.15, 0.2) is 18.3 Å². The lowest BCUT2D eigenvalue weighted by atomic mass is 9.85. The third kappa shape index (κ3) is 4.45. The van der Waals surface area contributed by atoms with Crippen molar-refractivity contribution in [3.8, 4) is 0 Å². The van der Waals surface area contributed by atoms with Gasteiger partial charge in [-0.15, -0.1) is 0 Å². The van der Waals surface area contributed by atoms with Crippen LogP contribution in [-0.2, 0) is 4.79 Å². The van der Waals surface area contributed by atoms with Gasteiger partial charge in [-0.1, -0.05) is 11.6 Å². The predicted molar refractivity (Wildman–Crippen MR) is 119 cm³/mol. The van der Waals surface area contributed by atoms with Crippen molar-refractivity contribution in [1.29, 1.82) is 0 Å². The lowest BCUT2D eigenvalue weighted by molar-refractivity contribution is -0.122. The molecule has 1 amide bonds. The molecule has 0 atom stereocenters. The first-order valence-electron chi connectivity index (χ1n) is 10.4. The summed E-state index contributed by atoms with van der Waals surface area (Å²) in [5.74, 6) is -1.33. The fourth-order valence-electron chi connectivity index (χ4n) is 4.04. The molecule has 170 valence electrons.